The summed E-state index contributed by atoms with van der Waals surface area (Å²) in [5.74, 6) is -2.44. The Morgan fingerprint density at radius 3 is 1.51 bits per heavy atom. The van der Waals surface area contributed by atoms with Crippen LogP contribution in [0.15, 0.2) is 76.9 Å². The molecule has 74 heavy (non-hydrogen) atoms. The Labute approximate surface area is 444 Å². The molecule has 2 aliphatic carbocycles. The first kappa shape index (κ1) is 62.5. The molecule has 1 atom stereocenters. The Bertz CT molecular complexity index is 2870. The smallest absolute Gasteiger partial charge is 0.354 e. The number of nitrogens with one attached hydrogen (secondary N) is 1. The van der Waals surface area contributed by atoms with Crippen LogP contribution in [0.3, 0.4) is 0 Å². The van der Waals surface area contributed by atoms with Gasteiger partial charge in [-0.3, -0.25) is 45.4 Å². The van der Waals surface area contributed by atoms with Crippen LogP contribution in [0, 0.1) is 36.3 Å². The third kappa shape index (κ3) is 19.4. The Morgan fingerprint density at radius 1 is 0.622 bits per heavy atom. The zero-order valence-electron chi connectivity index (χ0n) is 40.8. The Morgan fingerprint density at radius 2 is 1.07 bits per heavy atom. The van der Waals surface area contributed by atoms with Gasteiger partial charge in [-0.2, -0.15) is 5.10 Å². The number of halogens is 4. The first-order valence-electron chi connectivity index (χ1n) is 21.9. The number of hydrogen-bond donors (Lipinski definition) is 3. The highest BCUT2D eigenvalue weighted by Gasteiger charge is 2.25. The highest BCUT2D eigenvalue weighted by molar-refractivity contribution is 6.36. The van der Waals surface area contributed by atoms with Gasteiger partial charge in [-0.25, -0.2) is 14.4 Å². The number of esters is 4. The maximum atomic E-state index is 11.6. The van der Waals surface area contributed by atoms with Crippen LogP contribution in [0.5, 0.6) is 0 Å². The van der Waals surface area contributed by atoms with Crippen molar-refractivity contribution in [2.24, 2.45) is 11.0 Å². The molecule has 6 rings (SSSR count). The number of carbonyl (C=O) groups is 5. The number of nitro benzene ring substituents is 3. The van der Waals surface area contributed by atoms with Crippen LogP contribution >= 0.6 is 46.4 Å². The molecule has 0 radical (unpaired) electrons. The molecule has 0 spiro atoms. The highest BCUT2D eigenvalue weighted by Crippen LogP contribution is 2.36. The van der Waals surface area contributed by atoms with Gasteiger partial charge in [-0.1, -0.05) is 46.4 Å². The van der Waals surface area contributed by atoms with Gasteiger partial charge in [0.1, 0.15) is 17.4 Å². The number of fused-ring (bicyclic) bond motifs is 2. The topological polar surface area (TPSA) is 328 Å². The largest absolute Gasteiger partial charge is 0.465 e. The predicted molar refractivity (Wildman–Crippen MR) is 281 cm³/mol. The number of nitrogens with zero attached hydrogens (tertiary/aromatic N) is 4. The number of benzene rings is 4. The summed E-state index contributed by atoms with van der Waals surface area (Å²) in [4.78, 5) is 85.5. The van der Waals surface area contributed by atoms with Crippen molar-refractivity contribution in [1.29, 1.82) is 0 Å². The molecule has 0 heterocycles. The van der Waals surface area contributed by atoms with Crippen LogP contribution in [0.4, 0.5) is 34.1 Å². The lowest BCUT2D eigenvalue weighted by molar-refractivity contribution is -0.385. The van der Waals surface area contributed by atoms with Gasteiger partial charge < -0.3 is 30.4 Å². The molecule has 0 amide bonds. The maximum absolute atomic E-state index is 11.6. The lowest BCUT2D eigenvalue weighted by Crippen LogP contribution is -2.20. The van der Waals surface area contributed by atoms with Gasteiger partial charge in [0.2, 0.25) is 0 Å². The van der Waals surface area contributed by atoms with E-state index in [2.05, 4.69) is 15.3 Å². The molecule has 5 N–H and O–H groups in total. The fourth-order valence-electron chi connectivity index (χ4n) is 5.82. The molecule has 1 unspecified atom stereocenters. The number of non-ortho nitro benzene ring substituents is 3. The number of rotatable bonds is 14. The maximum Gasteiger partial charge on any atom is 0.354 e. The molecule has 0 fully saturated rings. The molecule has 22 nitrogen and oxygen atoms in total. The van der Waals surface area contributed by atoms with Crippen molar-refractivity contribution >= 4 is 128 Å². The van der Waals surface area contributed by atoms with Crippen molar-refractivity contribution in [2.75, 3.05) is 43.3 Å². The minimum Gasteiger partial charge on any atom is -0.465 e. The van der Waals surface area contributed by atoms with Gasteiger partial charge in [0.05, 0.1) is 67.6 Å². The number of carbonyl (C=O) groups excluding carboxylic acids is 5. The molecule has 4 aromatic carbocycles. The van der Waals surface area contributed by atoms with Gasteiger partial charge >= 0.3 is 23.9 Å². The molecular weight excluding hydrogens is 1060 g/mol. The number of nitro groups is 3. The van der Waals surface area contributed by atoms with Crippen LogP contribution < -0.4 is 16.9 Å². The molecule has 0 aliphatic heterocycles. The third-order valence-corrected chi connectivity index (χ3v) is 11.0. The fraction of sp³-hybridized carbons (Fsp3) is 0.292. The van der Waals surface area contributed by atoms with Crippen LogP contribution in [-0.4, -0.2) is 76.6 Å². The number of ether oxygens (including phenoxy) is 4. The summed E-state index contributed by atoms with van der Waals surface area (Å²) in [5.41, 5.74) is 19.0. The van der Waals surface area contributed by atoms with E-state index in [0.29, 0.717) is 76.5 Å². The molecule has 0 bridgehead atoms. The number of Topliss-reactive ketones (excluding diaryl/α,β-unsaturated/α-hetero) is 1. The van der Waals surface area contributed by atoms with Crippen LogP contribution in [-0.2, 0) is 55.8 Å². The average molecular weight is 1110 g/mol. The van der Waals surface area contributed by atoms with E-state index in [1.165, 1.54) is 62.4 Å². The Balaban J connectivity index is 0.000000323. The number of hydrogen-bond acceptors (Lipinski definition) is 19. The second-order valence-electron chi connectivity index (χ2n) is 15.0. The summed E-state index contributed by atoms with van der Waals surface area (Å²) in [6.45, 7) is 12.6. The van der Waals surface area contributed by atoms with E-state index in [0.717, 1.165) is 16.7 Å². The van der Waals surface area contributed by atoms with E-state index in [1.807, 2.05) is 6.07 Å². The van der Waals surface area contributed by atoms with Crippen molar-refractivity contribution in [3.8, 4) is 0 Å². The summed E-state index contributed by atoms with van der Waals surface area (Å²) >= 11 is 23.4. The Hall–Kier alpha value is -7.66. The van der Waals surface area contributed by atoms with Crippen molar-refractivity contribution in [3.63, 3.8) is 0 Å². The van der Waals surface area contributed by atoms with E-state index < -0.39 is 38.6 Å². The third-order valence-electron chi connectivity index (χ3n) is 9.67. The lowest BCUT2D eigenvalue weighted by atomic mass is 10.1. The van der Waals surface area contributed by atoms with E-state index >= 15 is 0 Å². The number of anilines is 3. The van der Waals surface area contributed by atoms with Crippen LogP contribution in [0.2, 0.25) is 20.1 Å². The van der Waals surface area contributed by atoms with Gasteiger partial charge in [-0.15, -0.1) is 0 Å². The summed E-state index contributed by atoms with van der Waals surface area (Å²) < 4.78 is 19.2. The van der Waals surface area contributed by atoms with Crippen LogP contribution in [0.25, 0.3) is 12.2 Å². The SMILES string of the molecule is CCOC(=O)/C(C)=N/Nc1ccc([N+](=O)[O-])cc1Cl.CCOC(=O)C(C)C(C)=O.CCOC(=O)C1=Cc2cc(N)cc(Cl)c2C1.CCOC(=O)C1=Cc2cc([N+](=O)[O-])cc(Cl)c2C1.Nc1ccc([N+](=O)[O-])cc1Cl. The fourth-order valence-corrected chi connectivity index (χ4v) is 6.80. The molecule has 396 valence electrons. The predicted octanol–water partition coefficient (Wildman–Crippen LogP) is 10.4. The second kappa shape index (κ2) is 30.4. The molecule has 4 aromatic rings. The standard InChI is InChI=1S/C12H10ClNO4.C12H12ClNO2.C11H12ClN3O4.C7H12O3.C6H5ClN2O2/c1-2-18-12(15)8-3-7-4-9(14(16)17)6-11(13)10(7)5-8;1-2-16-12(15)8-3-7-4-9(14)6-11(13)10(7)5-8;1-3-19-11(16)7(2)13-14-10-5-4-8(15(17)18)6-9(10)12;1-4-10-7(9)5(2)6(3)8;7-5-3-4(9(10)11)1-2-6(5)8/h3-4,6H,2,5H2,1H3;3-4,6H,2,5,14H2,1H3;4-6,14H,3H2,1-2H3;5H,4H2,1-3H3;1-3H,8H2/b;;13-7+;;. The Kier molecular flexibility index (Phi) is 25.7. The molecular formula is C48H51Cl4N7O15. The lowest BCUT2D eigenvalue weighted by Gasteiger charge is -2.05. The number of hydrazone groups is 1. The highest BCUT2D eigenvalue weighted by atomic mass is 35.5. The molecule has 0 saturated heterocycles. The zero-order chi connectivity index (χ0) is 56.0. The van der Waals surface area contributed by atoms with E-state index in [4.69, 9.17) is 72.1 Å². The van der Waals surface area contributed by atoms with Gasteiger partial charge in [0.15, 0.2) is 0 Å². The number of nitrogen functional groups attached to an aromatic ring is 2. The van der Waals surface area contributed by atoms with E-state index in [-0.39, 0.29) is 51.2 Å². The first-order valence-corrected chi connectivity index (χ1v) is 23.4. The molecule has 0 aromatic heterocycles. The monoisotopic (exact) mass is 1110 g/mol. The summed E-state index contributed by atoms with van der Waals surface area (Å²) in [5, 5.41) is 36.4. The summed E-state index contributed by atoms with van der Waals surface area (Å²) in [6, 6.07) is 14.0. The minimum absolute atomic E-state index is 0.0517. The van der Waals surface area contributed by atoms with Gasteiger partial charge in [-0.05, 0) is 107 Å². The van der Waals surface area contributed by atoms with Gasteiger partial charge in [0.25, 0.3) is 17.1 Å². The van der Waals surface area contributed by atoms with Gasteiger partial charge in [0, 0.05) is 71.1 Å². The average Bonchev–Trinajstić information content (AvgIpc) is 3.99. The van der Waals surface area contributed by atoms with Crippen molar-refractivity contribution in [3.05, 3.63) is 144 Å². The quantitative estimate of drug-likeness (QED) is 0.0201. The van der Waals surface area contributed by atoms with Crippen molar-refractivity contribution in [2.45, 2.75) is 61.3 Å². The summed E-state index contributed by atoms with van der Waals surface area (Å²) in [7, 11) is 0. The normalized spacial score (nSPS) is 11.9. The molecule has 2 aliphatic rings. The molecule has 26 heteroatoms. The van der Waals surface area contributed by atoms with E-state index in [9.17, 15) is 54.3 Å². The first-order chi connectivity index (χ1) is 34.8. The van der Waals surface area contributed by atoms with Crippen molar-refractivity contribution < 1.29 is 57.7 Å². The number of ketones is 1. The minimum atomic E-state index is -0.611. The van der Waals surface area contributed by atoms with E-state index in [1.54, 1.807) is 52.8 Å². The zero-order valence-corrected chi connectivity index (χ0v) is 43.9. The van der Waals surface area contributed by atoms with Crippen LogP contribution in [0.1, 0.15) is 70.7 Å². The summed E-state index contributed by atoms with van der Waals surface area (Å²) in [6.07, 6.45) is 4.25. The number of nitrogens with two attached hydrogens (primary N) is 2. The second-order valence-corrected chi connectivity index (χ2v) is 16.6. The van der Waals surface area contributed by atoms with Crippen molar-refractivity contribution in [1.82, 2.24) is 0 Å². The molecule has 0 saturated carbocycles.